The number of rotatable bonds is 6. The Labute approximate surface area is 111 Å². The van der Waals surface area contributed by atoms with Crippen LogP contribution in [0, 0.1) is 0 Å². The summed E-state index contributed by atoms with van der Waals surface area (Å²) in [5.74, 6) is 1.74. The van der Waals surface area contributed by atoms with Gasteiger partial charge in [-0.05, 0) is 19.5 Å². The summed E-state index contributed by atoms with van der Waals surface area (Å²) >= 11 is 1.64. The molecule has 0 aliphatic rings. The highest BCUT2D eigenvalue weighted by Gasteiger charge is 2.09. The normalized spacial score (nSPS) is 11.1. The van der Waals surface area contributed by atoms with Crippen LogP contribution in [0.25, 0.3) is 0 Å². The molecule has 0 aliphatic heterocycles. The quantitative estimate of drug-likeness (QED) is 0.784. The third kappa shape index (κ3) is 2.91. The van der Waals surface area contributed by atoms with Crippen LogP contribution in [0.4, 0.5) is 0 Å². The van der Waals surface area contributed by atoms with Gasteiger partial charge in [-0.2, -0.15) is 5.10 Å². The van der Waals surface area contributed by atoms with Crippen molar-refractivity contribution in [3.05, 3.63) is 23.8 Å². The zero-order valence-corrected chi connectivity index (χ0v) is 11.5. The van der Waals surface area contributed by atoms with Crippen LogP contribution in [-0.4, -0.2) is 31.1 Å². The van der Waals surface area contributed by atoms with Crippen LogP contribution in [0.5, 0.6) is 0 Å². The van der Waals surface area contributed by atoms with Crippen molar-refractivity contribution in [3.63, 3.8) is 0 Å². The summed E-state index contributed by atoms with van der Waals surface area (Å²) in [6.07, 6.45) is 2.75. The molecule has 0 saturated heterocycles. The standard InChI is InChI=1S/C11H18N6S/c1-3-17-7-5-9(15-17)8-18-11-14-13-10(4-6-12)16(11)2/h5,7H,3-4,6,8,12H2,1-2H3. The molecular formula is C11H18N6S. The zero-order valence-electron chi connectivity index (χ0n) is 10.7. The molecule has 2 rings (SSSR count). The van der Waals surface area contributed by atoms with Gasteiger partial charge in [0.2, 0.25) is 0 Å². The van der Waals surface area contributed by atoms with Gasteiger partial charge >= 0.3 is 0 Å². The number of aromatic nitrogens is 5. The molecule has 6 nitrogen and oxygen atoms in total. The number of hydrogen-bond acceptors (Lipinski definition) is 5. The van der Waals surface area contributed by atoms with E-state index in [1.54, 1.807) is 11.8 Å². The van der Waals surface area contributed by atoms with Gasteiger partial charge in [-0.1, -0.05) is 11.8 Å². The molecule has 0 saturated carbocycles. The monoisotopic (exact) mass is 266 g/mol. The number of aryl methyl sites for hydroxylation is 1. The maximum absolute atomic E-state index is 5.52. The Kier molecular flexibility index (Phi) is 4.38. The van der Waals surface area contributed by atoms with Gasteiger partial charge in [-0.15, -0.1) is 10.2 Å². The lowest BCUT2D eigenvalue weighted by Crippen LogP contribution is -2.08. The highest BCUT2D eigenvalue weighted by Crippen LogP contribution is 2.20. The van der Waals surface area contributed by atoms with Gasteiger partial charge in [0.05, 0.1) is 5.69 Å². The number of nitrogens with zero attached hydrogens (tertiary/aromatic N) is 5. The van der Waals surface area contributed by atoms with Crippen molar-refractivity contribution >= 4 is 11.8 Å². The van der Waals surface area contributed by atoms with Crippen LogP contribution in [0.15, 0.2) is 17.4 Å². The maximum Gasteiger partial charge on any atom is 0.191 e. The number of thioether (sulfide) groups is 1. The fourth-order valence-electron chi connectivity index (χ4n) is 1.61. The lowest BCUT2D eigenvalue weighted by Gasteiger charge is -2.01. The van der Waals surface area contributed by atoms with Crippen molar-refractivity contribution < 1.29 is 0 Å². The molecule has 0 spiro atoms. The molecule has 7 heteroatoms. The van der Waals surface area contributed by atoms with E-state index in [1.165, 1.54) is 0 Å². The third-order valence-electron chi connectivity index (χ3n) is 2.66. The first-order chi connectivity index (χ1) is 8.74. The molecule has 2 N–H and O–H groups in total. The predicted octanol–water partition coefficient (Wildman–Crippen LogP) is 0.825. The minimum atomic E-state index is 0.595. The van der Waals surface area contributed by atoms with Crippen molar-refractivity contribution in [2.45, 2.75) is 30.8 Å². The van der Waals surface area contributed by atoms with E-state index < -0.39 is 0 Å². The summed E-state index contributed by atoms with van der Waals surface area (Å²) in [4.78, 5) is 0. The second kappa shape index (κ2) is 6.01. The first kappa shape index (κ1) is 13.1. The predicted molar refractivity (Wildman–Crippen MR) is 71.2 cm³/mol. The topological polar surface area (TPSA) is 74.6 Å². The summed E-state index contributed by atoms with van der Waals surface area (Å²) in [6, 6.07) is 2.04. The third-order valence-corrected chi connectivity index (χ3v) is 3.72. The van der Waals surface area contributed by atoms with Crippen molar-refractivity contribution in [1.29, 1.82) is 0 Å². The lowest BCUT2D eigenvalue weighted by molar-refractivity contribution is 0.652. The van der Waals surface area contributed by atoms with Gasteiger partial charge in [0.25, 0.3) is 0 Å². The van der Waals surface area contributed by atoms with Gasteiger partial charge in [-0.25, -0.2) is 0 Å². The summed E-state index contributed by atoms with van der Waals surface area (Å²) in [6.45, 7) is 3.57. The van der Waals surface area contributed by atoms with Gasteiger partial charge in [0, 0.05) is 32.0 Å². The Bertz CT molecular complexity index is 503. The first-order valence-corrected chi connectivity index (χ1v) is 6.96. The van der Waals surface area contributed by atoms with E-state index in [9.17, 15) is 0 Å². The molecular weight excluding hydrogens is 248 g/mol. The second-order valence-corrected chi connectivity index (χ2v) is 4.89. The van der Waals surface area contributed by atoms with Crippen LogP contribution in [0.2, 0.25) is 0 Å². The smallest absolute Gasteiger partial charge is 0.191 e. The van der Waals surface area contributed by atoms with Crippen LogP contribution in [0.3, 0.4) is 0 Å². The molecule has 0 amide bonds. The van der Waals surface area contributed by atoms with E-state index in [0.717, 1.165) is 35.4 Å². The first-order valence-electron chi connectivity index (χ1n) is 5.98. The highest BCUT2D eigenvalue weighted by atomic mass is 32.2. The van der Waals surface area contributed by atoms with Crippen LogP contribution in [0.1, 0.15) is 18.4 Å². The Morgan fingerprint density at radius 3 is 2.89 bits per heavy atom. The lowest BCUT2D eigenvalue weighted by atomic mass is 10.4. The van der Waals surface area contributed by atoms with Gasteiger partial charge in [-0.3, -0.25) is 4.68 Å². The number of nitrogens with two attached hydrogens (primary N) is 1. The Morgan fingerprint density at radius 2 is 2.22 bits per heavy atom. The van der Waals surface area contributed by atoms with E-state index in [4.69, 9.17) is 5.73 Å². The zero-order chi connectivity index (χ0) is 13.0. The summed E-state index contributed by atoms with van der Waals surface area (Å²) < 4.78 is 3.92. The molecule has 0 aromatic carbocycles. The molecule has 0 aliphatic carbocycles. The second-order valence-electron chi connectivity index (χ2n) is 3.95. The molecule has 18 heavy (non-hydrogen) atoms. The summed E-state index contributed by atoms with van der Waals surface area (Å²) in [7, 11) is 1.97. The SMILES string of the molecule is CCn1ccc(CSc2nnc(CCN)n2C)n1. The van der Waals surface area contributed by atoms with Crippen LogP contribution in [-0.2, 0) is 25.8 Å². The van der Waals surface area contributed by atoms with E-state index in [-0.39, 0.29) is 0 Å². The molecule has 2 heterocycles. The molecule has 98 valence electrons. The van der Waals surface area contributed by atoms with Crippen molar-refractivity contribution in [1.82, 2.24) is 24.5 Å². The Hall–Kier alpha value is -1.34. The van der Waals surface area contributed by atoms with Gasteiger partial charge in [0.1, 0.15) is 5.82 Å². The molecule has 0 bridgehead atoms. The highest BCUT2D eigenvalue weighted by molar-refractivity contribution is 7.98. The van der Waals surface area contributed by atoms with Crippen molar-refractivity contribution in [2.24, 2.45) is 12.8 Å². The van der Waals surface area contributed by atoms with Crippen LogP contribution < -0.4 is 5.73 Å². The van der Waals surface area contributed by atoms with E-state index >= 15 is 0 Å². The molecule has 0 unspecified atom stereocenters. The maximum atomic E-state index is 5.52. The fraction of sp³-hybridized carbons (Fsp3) is 0.545. The molecule has 0 radical (unpaired) electrons. The molecule has 0 atom stereocenters. The average molecular weight is 266 g/mol. The van der Waals surface area contributed by atoms with Gasteiger partial charge in [0.15, 0.2) is 5.16 Å². The van der Waals surface area contributed by atoms with E-state index in [1.807, 2.05) is 28.6 Å². The Balaban J connectivity index is 1.97. The van der Waals surface area contributed by atoms with Crippen LogP contribution >= 0.6 is 11.8 Å². The van der Waals surface area contributed by atoms with Gasteiger partial charge < -0.3 is 10.3 Å². The summed E-state index contributed by atoms with van der Waals surface area (Å²) in [5, 5.41) is 13.6. The molecule has 2 aromatic heterocycles. The van der Waals surface area contributed by atoms with E-state index in [0.29, 0.717) is 6.54 Å². The summed E-state index contributed by atoms with van der Waals surface area (Å²) in [5.41, 5.74) is 6.58. The Morgan fingerprint density at radius 1 is 1.39 bits per heavy atom. The largest absolute Gasteiger partial charge is 0.330 e. The van der Waals surface area contributed by atoms with Crippen molar-refractivity contribution in [3.8, 4) is 0 Å². The van der Waals surface area contributed by atoms with E-state index in [2.05, 4.69) is 22.2 Å². The molecule has 0 fully saturated rings. The minimum Gasteiger partial charge on any atom is -0.330 e. The van der Waals surface area contributed by atoms with Crippen molar-refractivity contribution in [2.75, 3.05) is 6.54 Å². The minimum absolute atomic E-state index is 0.595. The molecule has 2 aromatic rings. The fourth-order valence-corrected chi connectivity index (χ4v) is 2.44. The number of hydrogen-bond donors (Lipinski definition) is 1. The average Bonchev–Trinajstić information content (AvgIpc) is 2.96.